The molecule has 5 N–H and O–H groups in total. The molecule has 0 aromatic rings. The van der Waals surface area contributed by atoms with Crippen molar-refractivity contribution in [2.75, 3.05) is 13.2 Å². The van der Waals surface area contributed by atoms with Gasteiger partial charge in [0.05, 0.1) is 13.2 Å². The van der Waals surface area contributed by atoms with E-state index in [2.05, 4.69) is 0 Å². The molecular formula is C16H26O8. The third-order valence-corrected chi connectivity index (χ3v) is 3.87. The van der Waals surface area contributed by atoms with E-state index in [0.717, 1.165) is 5.57 Å². The number of carboxylic acid groups (broad SMARTS) is 1. The minimum Gasteiger partial charge on any atom is -0.478 e. The lowest BCUT2D eigenvalue weighted by Gasteiger charge is -2.39. The number of carbonyl (C=O) groups is 1. The number of hydrogen-bond acceptors (Lipinski definition) is 7. The highest BCUT2D eigenvalue weighted by Crippen LogP contribution is 2.22. The Hall–Kier alpha value is -1.29. The molecule has 1 aliphatic rings. The molecule has 138 valence electrons. The van der Waals surface area contributed by atoms with E-state index in [1.807, 2.05) is 6.92 Å². The van der Waals surface area contributed by atoms with Crippen LogP contribution < -0.4 is 0 Å². The number of ether oxygens (including phenoxy) is 2. The summed E-state index contributed by atoms with van der Waals surface area (Å²) in [7, 11) is 0. The average Bonchev–Trinajstić information content (AvgIpc) is 2.54. The summed E-state index contributed by atoms with van der Waals surface area (Å²) in [4.78, 5) is 10.7. The Morgan fingerprint density at radius 1 is 1.12 bits per heavy atom. The third kappa shape index (κ3) is 5.97. The summed E-state index contributed by atoms with van der Waals surface area (Å²) in [5, 5.41) is 47.0. The Morgan fingerprint density at radius 2 is 1.79 bits per heavy atom. The molecule has 0 aromatic carbocycles. The van der Waals surface area contributed by atoms with E-state index in [0.29, 0.717) is 18.4 Å². The number of aliphatic carboxylic acids is 1. The number of aliphatic hydroxyl groups excluding tert-OH is 4. The molecule has 0 aliphatic carbocycles. The lowest BCUT2D eigenvalue weighted by atomic mass is 9.99. The molecule has 5 atom stereocenters. The van der Waals surface area contributed by atoms with Crippen LogP contribution in [0.2, 0.25) is 0 Å². The van der Waals surface area contributed by atoms with Gasteiger partial charge in [-0.3, -0.25) is 0 Å². The van der Waals surface area contributed by atoms with E-state index in [1.54, 1.807) is 12.2 Å². The van der Waals surface area contributed by atoms with Crippen LogP contribution in [0.3, 0.4) is 0 Å². The monoisotopic (exact) mass is 346 g/mol. The molecule has 1 rings (SSSR count). The van der Waals surface area contributed by atoms with E-state index in [9.17, 15) is 20.1 Å². The fourth-order valence-corrected chi connectivity index (χ4v) is 2.20. The second-order valence-corrected chi connectivity index (χ2v) is 5.81. The van der Waals surface area contributed by atoms with E-state index in [1.165, 1.54) is 6.92 Å². The molecule has 1 fully saturated rings. The molecule has 0 spiro atoms. The fourth-order valence-electron chi connectivity index (χ4n) is 2.20. The smallest absolute Gasteiger partial charge is 0.330 e. The first kappa shape index (κ1) is 20.8. The first-order valence-corrected chi connectivity index (χ1v) is 7.75. The molecule has 8 nitrogen and oxygen atoms in total. The molecule has 24 heavy (non-hydrogen) atoms. The van der Waals surface area contributed by atoms with Crippen LogP contribution in [0.15, 0.2) is 23.3 Å². The molecule has 1 saturated heterocycles. The molecule has 1 aliphatic heterocycles. The Balaban J connectivity index is 2.44. The van der Waals surface area contributed by atoms with Crippen molar-refractivity contribution in [1.82, 2.24) is 0 Å². The van der Waals surface area contributed by atoms with Crippen LogP contribution in [-0.4, -0.2) is 75.4 Å². The quantitative estimate of drug-likeness (QED) is 0.295. The van der Waals surface area contributed by atoms with Crippen molar-refractivity contribution in [3.8, 4) is 0 Å². The zero-order valence-electron chi connectivity index (χ0n) is 13.8. The van der Waals surface area contributed by atoms with Gasteiger partial charge in [0.15, 0.2) is 6.29 Å². The predicted molar refractivity (Wildman–Crippen MR) is 84.1 cm³/mol. The molecule has 5 unspecified atom stereocenters. The number of carboxylic acids is 1. The van der Waals surface area contributed by atoms with Gasteiger partial charge in [-0.2, -0.15) is 0 Å². The SMILES string of the molecule is CC(=CCOC1OC(CO)C(O)C(O)C1O)CCC=C(C)C(=O)O. The summed E-state index contributed by atoms with van der Waals surface area (Å²) in [5.41, 5.74) is 1.26. The number of rotatable bonds is 8. The van der Waals surface area contributed by atoms with Crippen LogP contribution >= 0.6 is 0 Å². The van der Waals surface area contributed by atoms with Crippen molar-refractivity contribution in [3.05, 3.63) is 23.3 Å². The molecule has 8 heteroatoms. The van der Waals surface area contributed by atoms with Crippen molar-refractivity contribution < 1.29 is 39.8 Å². The maximum atomic E-state index is 10.7. The van der Waals surface area contributed by atoms with Crippen LogP contribution in [-0.2, 0) is 14.3 Å². The summed E-state index contributed by atoms with van der Waals surface area (Å²) in [6.45, 7) is 3.00. The molecule has 0 radical (unpaired) electrons. The fraction of sp³-hybridized carbons (Fsp3) is 0.688. The van der Waals surface area contributed by atoms with Crippen molar-refractivity contribution >= 4 is 5.97 Å². The topological polar surface area (TPSA) is 137 Å². The first-order chi connectivity index (χ1) is 11.3. The molecule has 0 saturated carbocycles. The second kappa shape index (κ2) is 9.87. The summed E-state index contributed by atoms with van der Waals surface area (Å²) in [5.74, 6) is -0.942. The minimum absolute atomic E-state index is 0.107. The van der Waals surface area contributed by atoms with Crippen LogP contribution in [0.5, 0.6) is 0 Å². The highest BCUT2D eigenvalue weighted by atomic mass is 16.7. The van der Waals surface area contributed by atoms with Crippen molar-refractivity contribution in [2.24, 2.45) is 0 Å². The van der Waals surface area contributed by atoms with Crippen LogP contribution in [0.4, 0.5) is 0 Å². The second-order valence-electron chi connectivity index (χ2n) is 5.81. The summed E-state index contributed by atoms with van der Waals surface area (Å²) in [6.07, 6.45) is -1.81. The van der Waals surface area contributed by atoms with E-state index in [4.69, 9.17) is 19.7 Å². The minimum atomic E-state index is -1.46. The highest BCUT2D eigenvalue weighted by molar-refractivity contribution is 5.85. The van der Waals surface area contributed by atoms with Crippen molar-refractivity contribution in [3.63, 3.8) is 0 Å². The van der Waals surface area contributed by atoms with Gasteiger partial charge in [-0.05, 0) is 26.7 Å². The molecule has 1 heterocycles. The van der Waals surface area contributed by atoms with Gasteiger partial charge in [-0.25, -0.2) is 4.79 Å². The Labute approximate surface area is 140 Å². The number of aliphatic hydroxyl groups is 4. The molecule has 0 aromatic heterocycles. The maximum absolute atomic E-state index is 10.7. The lowest BCUT2D eigenvalue weighted by molar-refractivity contribution is -0.298. The largest absolute Gasteiger partial charge is 0.478 e. The van der Waals surface area contributed by atoms with Gasteiger partial charge < -0.3 is 35.0 Å². The average molecular weight is 346 g/mol. The highest BCUT2D eigenvalue weighted by Gasteiger charge is 2.43. The van der Waals surface area contributed by atoms with Gasteiger partial charge >= 0.3 is 5.97 Å². The third-order valence-electron chi connectivity index (χ3n) is 3.87. The standard InChI is InChI=1S/C16H26O8/c1-9(4-3-5-10(2)15(21)22)6-7-23-16-14(20)13(19)12(18)11(8-17)24-16/h5-6,11-14,16-20H,3-4,7-8H2,1-2H3,(H,21,22). The lowest BCUT2D eigenvalue weighted by Crippen LogP contribution is -2.59. The van der Waals surface area contributed by atoms with Crippen LogP contribution in [0.1, 0.15) is 26.7 Å². The van der Waals surface area contributed by atoms with E-state index >= 15 is 0 Å². The van der Waals surface area contributed by atoms with Gasteiger partial charge in [0.2, 0.25) is 0 Å². The molecule has 0 bridgehead atoms. The van der Waals surface area contributed by atoms with E-state index in [-0.39, 0.29) is 6.61 Å². The van der Waals surface area contributed by atoms with Gasteiger partial charge in [0, 0.05) is 5.57 Å². The van der Waals surface area contributed by atoms with Crippen molar-refractivity contribution in [1.29, 1.82) is 0 Å². The van der Waals surface area contributed by atoms with Crippen molar-refractivity contribution in [2.45, 2.75) is 57.4 Å². The Morgan fingerprint density at radius 3 is 2.38 bits per heavy atom. The van der Waals surface area contributed by atoms with Crippen LogP contribution in [0.25, 0.3) is 0 Å². The van der Waals surface area contributed by atoms with Crippen LogP contribution in [0, 0.1) is 0 Å². The molecular weight excluding hydrogens is 320 g/mol. The number of hydrogen-bond donors (Lipinski definition) is 5. The summed E-state index contributed by atoms with van der Waals surface area (Å²) >= 11 is 0. The zero-order valence-corrected chi connectivity index (χ0v) is 13.8. The van der Waals surface area contributed by atoms with E-state index < -0.39 is 43.3 Å². The van der Waals surface area contributed by atoms with Gasteiger partial charge in [-0.15, -0.1) is 0 Å². The summed E-state index contributed by atoms with van der Waals surface area (Å²) in [6, 6.07) is 0. The van der Waals surface area contributed by atoms with Gasteiger partial charge in [-0.1, -0.05) is 17.7 Å². The normalized spacial score (nSPS) is 32.0. The zero-order chi connectivity index (χ0) is 18.3. The Kier molecular flexibility index (Phi) is 8.54. The number of allylic oxidation sites excluding steroid dienone is 2. The van der Waals surface area contributed by atoms with Gasteiger partial charge in [0.25, 0.3) is 0 Å². The molecule has 0 amide bonds. The van der Waals surface area contributed by atoms with Gasteiger partial charge in [0.1, 0.15) is 24.4 Å². The first-order valence-electron chi connectivity index (χ1n) is 7.75. The predicted octanol–water partition coefficient (Wildman–Crippen LogP) is -0.440. The summed E-state index contributed by atoms with van der Waals surface area (Å²) < 4.78 is 10.6. The Bertz CT molecular complexity index is 471. The maximum Gasteiger partial charge on any atom is 0.330 e.